The summed E-state index contributed by atoms with van der Waals surface area (Å²) in [6.45, 7) is 0. The Bertz CT molecular complexity index is 736. The van der Waals surface area contributed by atoms with Crippen molar-refractivity contribution < 1.29 is 14.3 Å². The number of hydrogen-bond donors (Lipinski definition) is 2. The lowest BCUT2D eigenvalue weighted by Crippen LogP contribution is -2.22. The number of benzene rings is 1. The van der Waals surface area contributed by atoms with Gasteiger partial charge in [-0.15, -0.1) is 5.48 Å². The molecule has 1 aliphatic heterocycles. The molecule has 3 rings (SSSR count). The van der Waals surface area contributed by atoms with E-state index in [-0.39, 0.29) is 11.8 Å². The summed E-state index contributed by atoms with van der Waals surface area (Å²) < 4.78 is 10.3. The second-order valence-corrected chi connectivity index (χ2v) is 4.37. The number of fused-ring (bicyclic) bond motifs is 1. The first-order valence-electron chi connectivity index (χ1n) is 6.09. The van der Waals surface area contributed by atoms with Crippen LogP contribution in [0.5, 0.6) is 5.75 Å². The van der Waals surface area contributed by atoms with E-state index in [9.17, 15) is 4.79 Å². The highest BCUT2D eigenvalue weighted by molar-refractivity contribution is 5.85. The Labute approximate surface area is 114 Å². The van der Waals surface area contributed by atoms with Crippen LogP contribution < -0.4 is 15.8 Å². The number of hydrogen-bond acceptors (Lipinski definition) is 5. The SMILES string of the molecule is COc1ccc2c(=O)[nH]c(C3=CC(OC)NO3)cc2c1. The number of methoxy groups -OCH3 is 2. The van der Waals surface area contributed by atoms with Crippen LogP contribution in [0.3, 0.4) is 0 Å². The zero-order valence-electron chi connectivity index (χ0n) is 11.1. The van der Waals surface area contributed by atoms with E-state index >= 15 is 0 Å². The van der Waals surface area contributed by atoms with Crippen molar-refractivity contribution in [3.05, 3.63) is 46.4 Å². The lowest BCUT2D eigenvalue weighted by Gasteiger charge is -2.06. The molecule has 2 aromatic rings. The third kappa shape index (κ3) is 2.15. The maximum absolute atomic E-state index is 12.1. The summed E-state index contributed by atoms with van der Waals surface area (Å²) in [6.07, 6.45) is 1.42. The first-order chi connectivity index (χ1) is 9.71. The van der Waals surface area contributed by atoms with Gasteiger partial charge >= 0.3 is 0 Å². The average Bonchev–Trinajstić information content (AvgIpc) is 2.95. The molecule has 6 heteroatoms. The summed E-state index contributed by atoms with van der Waals surface area (Å²) in [5.41, 5.74) is 3.09. The molecule has 0 bridgehead atoms. The van der Waals surface area contributed by atoms with Crippen LogP contribution in [0, 0.1) is 0 Å². The molecule has 1 atom stereocenters. The van der Waals surface area contributed by atoms with Crippen LogP contribution >= 0.6 is 0 Å². The largest absolute Gasteiger partial charge is 0.497 e. The van der Waals surface area contributed by atoms with Crippen LogP contribution in [0.2, 0.25) is 0 Å². The molecule has 1 aromatic heterocycles. The molecule has 6 nitrogen and oxygen atoms in total. The number of aromatic nitrogens is 1. The van der Waals surface area contributed by atoms with Gasteiger partial charge in [0.15, 0.2) is 12.0 Å². The van der Waals surface area contributed by atoms with Gasteiger partial charge in [0.05, 0.1) is 12.8 Å². The fourth-order valence-electron chi connectivity index (χ4n) is 2.10. The van der Waals surface area contributed by atoms with Gasteiger partial charge in [-0.25, -0.2) is 0 Å². The van der Waals surface area contributed by atoms with Crippen molar-refractivity contribution in [1.82, 2.24) is 10.5 Å². The second kappa shape index (κ2) is 4.99. The number of aromatic amines is 1. The van der Waals surface area contributed by atoms with E-state index in [0.29, 0.717) is 22.6 Å². The number of rotatable bonds is 3. The van der Waals surface area contributed by atoms with Crippen molar-refractivity contribution in [2.75, 3.05) is 14.2 Å². The van der Waals surface area contributed by atoms with Crippen LogP contribution in [-0.4, -0.2) is 25.4 Å². The Hall–Kier alpha value is -2.31. The van der Waals surface area contributed by atoms with Gasteiger partial charge in [-0.2, -0.15) is 0 Å². The second-order valence-electron chi connectivity index (χ2n) is 4.37. The lowest BCUT2D eigenvalue weighted by atomic mass is 10.1. The summed E-state index contributed by atoms with van der Waals surface area (Å²) in [4.78, 5) is 20.2. The minimum Gasteiger partial charge on any atom is -0.497 e. The maximum atomic E-state index is 12.1. The molecular formula is C14H14N2O4. The van der Waals surface area contributed by atoms with Gasteiger partial charge in [0.1, 0.15) is 5.75 Å². The topological polar surface area (TPSA) is 72.6 Å². The van der Waals surface area contributed by atoms with Crippen molar-refractivity contribution in [3.8, 4) is 5.75 Å². The summed E-state index contributed by atoms with van der Waals surface area (Å²) >= 11 is 0. The van der Waals surface area contributed by atoms with Crippen LogP contribution in [0.4, 0.5) is 0 Å². The molecule has 1 aromatic carbocycles. The number of H-pyrrole nitrogens is 1. The van der Waals surface area contributed by atoms with Crippen LogP contribution in [0.25, 0.3) is 16.5 Å². The smallest absolute Gasteiger partial charge is 0.256 e. The molecule has 2 N–H and O–H groups in total. The number of nitrogens with one attached hydrogen (secondary N) is 2. The van der Waals surface area contributed by atoms with E-state index in [1.54, 1.807) is 32.4 Å². The minimum atomic E-state index is -0.325. The van der Waals surface area contributed by atoms with Crippen molar-refractivity contribution in [2.24, 2.45) is 0 Å². The zero-order valence-corrected chi connectivity index (χ0v) is 11.1. The third-order valence-corrected chi connectivity index (χ3v) is 3.16. The molecule has 0 radical (unpaired) electrons. The Balaban J connectivity index is 2.11. The van der Waals surface area contributed by atoms with Crippen molar-refractivity contribution >= 4 is 16.5 Å². The highest BCUT2D eigenvalue weighted by Crippen LogP contribution is 2.23. The van der Waals surface area contributed by atoms with Gasteiger partial charge in [-0.1, -0.05) is 0 Å². The monoisotopic (exact) mass is 274 g/mol. The highest BCUT2D eigenvalue weighted by atomic mass is 16.7. The molecule has 0 amide bonds. The normalized spacial score (nSPS) is 17.9. The Morgan fingerprint density at radius 1 is 1.25 bits per heavy atom. The molecular weight excluding hydrogens is 260 g/mol. The first kappa shape index (κ1) is 12.7. The Kier molecular flexibility index (Phi) is 3.17. The summed E-state index contributed by atoms with van der Waals surface area (Å²) in [5, 5.41) is 1.39. The fraction of sp³-hybridized carbons (Fsp3) is 0.214. The van der Waals surface area contributed by atoms with Crippen LogP contribution in [0.15, 0.2) is 35.1 Å². The van der Waals surface area contributed by atoms with E-state index < -0.39 is 0 Å². The molecule has 0 saturated heterocycles. The van der Waals surface area contributed by atoms with E-state index in [1.807, 2.05) is 12.1 Å². The predicted molar refractivity (Wildman–Crippen MR) is 74.1 cm³/mol. The molecule has 0 saturated carbocycles. The molecule has 0 spiro atoms. The molecule has 20 heavy (non-hydrogen) atoms. The lowest BCUT2D eigenvalue weighted by molar-refractivity contribution is 0.0236. The van der Waals surface area contributed by atoms with Gasteiger partial charge in [-0.05, 0) is 29.7 Å². The number of ether oxygens (including phenoxy) is 2. The number of hydroxylamine groups is 1. The zero-order chi connectivity index (χ0) is 14.1. The van der Waals surface area contributed by atoms with E-state index in [0.717, 1.165) is 5.39 Å². The standard InChI is InChI=1S/C14H14N2O4/c1-18-9-3-4-10-8(5-9)6-11(15-14(10)17)12-7-13(19-2)16-20-12/h3-7,13,16H,1-2H3,(H,15,17). The quantitative estimate of drug-likeness (QED) is 0.884. The number of pyridine rings is 1. The first-order valence-corrected chi connectivity index (χ1v) is 6.09. The van der Waals surface area contributed by atoms with Crippen molar-refractivity contribution in [3.63, 3.8) is 0 Å². The maximum Gasteiger partial charge on any atom is 0.256 e. The molecule has 0 fully saturated rings. The van der Waals surface area contributed by atoms with Gasteiger partial charge in [0.2, 0.25) is 0 Å². The summed E-state index contributed by atoms with van der Waals surface area (Å²) in [5.74, 6) is 1.22. The molecule has 0 aliphatic carbocycles. The molecule has 1 aliphatic rings. The molecule has 2 heterocycles. The summed E-state index contributed by atoms with van der Waals surface area (Å²) in [7, 11) is 3.15. The van der Waals surface area contributed by atoms with Gasteiger partial charge in [-0.3, -0.25) is 4.79 Å². The average molecular weight is 274 g/mol. The Morgan fingerprint density at radius 3 is 2.80 bits per heavy atom. The fourth-order valence-corrected chi connectivity index (χ4v) is 2.10. The van der Waals surface area contributed by atoms with Gasteiger partial charge < -0.3 is 19.3 Å². The van der Waals surface area contributed by atoms with Crippen LogP contribution in [-0.2, 0) is 9.57 Å². The highest BCUT2D eigenvalue weighted by Gasteiger charge is 2.18. The van der Waals surface area contributed by atoms with Crippen molar-refractivity contribution in [2.45, 2.75) is 6.23 Å². The predicted octanol–water partition coefficient (Wildman–Crippen LogP) is 1.38. The van der Waals surface area contributed by atoms with E-state index in [2.05, 4.69) is 10.5 Å². The van der Waals surface area contributed by atoms with Gasteiger partial charge in [0, 0.05) is 18.6 Å². The van der Waals surface area contributed by atoms with Crippen LogP contribution in [0.1, 0.15) is 5.69 Å². The molecule has 104 valence electrons. The van der Waals surface area contributed by atoms with E-state index in [1.165, 1.54) is 0 Å². The van der Waals surface area contributed by atoms with Gasteiger partial charge in [0.25, 0.3) is 5.56 Å². The Morgan fingerprint density at radius 2 is 2.10 bits per heavy atom. The van der Waals surface area contributed by atoms with E-state index in [4.69, 9.17) is 14.3 Å². The van der Waals surface area contributed by atoms with Crippen molar-refractivity contribution in [1.29, 1.82) is 0 Å². The minimum absolute atomic E-state index is 0.175. The molecule has 1 unspecified atom stereocenters. The third-order valence-electron chi connectivity index (χ3n) is 3.16. The summed E-state index contributed by atoms with van der Waals surface area (Å²) in [6, 6.07) is 7.14.